The van der Waals surface area contributed by atoms with Crippen LogP contribution >= 0.6 is 22.7 Å². The highest BCUT2D eigenvalue weighted by Gasteiger charge is 2.31. The standard InChI is InChI=1S/C14H16F3NS2/c1-10(9-14(15,16)17)18-12(13-5-3-7-20-13)8-11-4-2-6-19-11/h2-7,10,12,18H,8-9H2,1H3. The Morgan fingerprint density at radius 2 is 1.85 bits per heavy atom. The molecule has 0 spiro atoms. The van der Waals surface area contributed by atoms with Gasteiger partial charge in [-0.05, 0) is 29.8 Å². The van der Waals surface area contributed by atoms with Gasteiger partial charge in [0.1, 0.15) is 0 Å². The molecule has 0 saturated carbocycles. The Hall–Kier alpha value is -0.850. The zero-order valence-corrected chi connectivity index (χ0v) is 12.6. The van der Waals surface area contributed by atoms with Crippen molar-refractivity contribution in [3.8, 4) is 0 Å². The number of hydrogen-bond donors (Lipinski definition) is 1. The van der Waals surface area contributed by atoms with Crippen molar-refractivity contribution in [3.05, 3.63) is 44.8 Å². The molecule has 2 aromatic rings. The lowest BCUT2D eigenvalue weighted by molar-refractivity contribution is -0.139. The molecule has 0 amide bonds. The molecule has 0 saturated heterocycles. The van der Waals surface area contributed by atoms with Crippen LogP contribution in [0.3, 0.4) is 0 Å². The molecule has 6 heteroatoms. The third-order valence-corrected chi connectivity index (χ3v) is 4.78. The maximum absolute atomic E-state index is 12.4. The fourth-order valence-corrected chi connectivity index (χ4v) is 3.65. The first-order valence-electron chi connectivity index (χ1n) is 6.32. The molecule has 0 aromatic carbocycles. The Morgan fingerprint density at radius 3 is 2.40 bits per heavy atom. The summed E-state index contributed by atoms with van der Waals surface area (Å²) in [5, 5.41) is 7.05. The minimum Gasteiger partial charge on any atom is -0.306 e. The normalized spacial score (nSPS) is 15.2. The highest BCUT2D eigenvalue weighted by atomic mass is 32.1. The molecule has 0 bridgehead atoms. The summed E-state index contributed by atoms with van der Waals surface area (Å²) in [6.45, 7) is 1.59. The molecular weight excluding hydrogens is 303 g/mol. The molecule has 0 aliphatic carbocycles. The van der Waals surface area contributed by atoms with Gasteiger partial charge < -0.3 is 5.32 Å². The van der Waals surface area contributed by atoms with Crippen molar-refractivity contribution in [2.45, 2.75) is 38.0 Å². The van der Waals surface area contributed by atoms with Gasteiger partial charge in [-0.2, -0.15) is 13.2 Å². The first kappa shape index (κ1) is 15.5. The smallest absolute Gasteiger partial charge is 0.306 e. The summed E-state index contributed by atoms with van der Waals surface area (Å²) in [6.07, 6.45) is -4.21. The largest absolute Gasteiger partial charge is 0.390 e. The molecule has 2 rings (SSSR count). The number of rotatable bonds is 6. The van der Waals surface area contributed by atoms with E-state index < -0.39 is 18.6 Å². The van der Waals surface area contributed by atoms with Crippen LogP contribution in [0.5, 0.6) is 0 Å². The first-order chi connectivity index (χ1) is 9.44. The van der Waals surface area contributed by atoms with Crippen molar-refractivity contribution < 1.29 is 13.2 Å². The van der Waals surface area contributed by atoms with E-state index >= 15 is 0 Å². The van der Waals surface area contributed by atoms with Crippen molar-refractivity contribution in [1.29, 1.82) is 0 Å². The molecule has 20 heavy (non-hydrogen) atoms. The number of alkyl halides is 3. The van der Waals surface area contributed by atoms with Crippen LogP contribution in [0.4, 0.5) is 13.2 Å². The van der Waals surface area contributed by atoms with E-state index in [0.717, 1.165) is 11.3 Å². The van der Waals surface area contributed by atoms with E-state index in [0.29, 0.717) is 0 Å². The highest BCUT2D eigenvalue weighted by Crippen LogP contribution is 2.27. The number of thiophene rings is 2. The number of nitrogens with one attached hydrogen (secondary N) is 1. The third kappa shape index (κ3) is 4.92. The van der Waals surface area contributed by atoms with Gasteiger partial charge in [0.25, 0.3) is 0 Å². The van der Waals surface area contributed by atoms with Crippen LogP contribution in [0.1, 0.15) is 29.1 Å². The van der Waals surface area contributed by atoms with Crippen LogP contribution in [0.2, 0.25) is 0 Å². The molecule has 2 atom stereocenters. The molecule has 2 aromatic heterocycles. The Kier molecular flexibility index (Phi) is 5.23. The van der Waals surface area contributed by atoms with Crippen molar-refractivity contribution in [2.75, 3.05) is 0 Å². The van der Waals surface area contributed by atoms with Crippen molar-refractivity contribution in [1.82, 2.24) is 5.32 Å². The average molecular weight is 319 g/mol. The predicted octanol–water partition coefficient (Wildman–Crippen LogP) is 5.02. The van der Waals surface area contributed by atoms with Gasteiger partial charge in [0.2, 0.25) is 0 Å². The molecule has 2 unspecified atom stereocenters. The van der Waals surface area contributed by atoms with Crippen molar-refractivity contribution in [2.24, 2.45) is 0 Å². The van der Waals surface area contributed by atoms with Gasteiger partial charge in [0.15, 0.2) is 0 Å². The van der Waals surface area contributed by atoms with E-state index in [-0.39, 0.29) is 6.04 Å². The van der Waals surface area contributed by atoms with Gasteiger partial charge in [-0.25, -0.2) is 0 Å². The van der Waals surface area contributed by atoms with Gasteiger partial charge in [-0.15, -0.1) is 22.7 Å². The Labute approximate surface area is 124 Å². The van der Waals surface area contributed by atoms with Crippen molar-refractivity contribution >= 4 is 22.7 Å². The molecule has 1 N–H and O–H groups in total. The average Bonchev–Trinajstić information content (AvgIpc) is 2.98. The van der Waals surface area contributed by atoms with Gasteiger partial charge >= 0.3 is 6.18 Å². The summed E-state index contributed by atoms with van der Waals surface area (Å²) in [4.78, 5) is 2.25. The summed E-state index contributed by atoms with van der Waals surface area (Å²) < 4.78 is 37.3. The molecule has 0 aliphatic heterocycles. The summed E-state index contributed by atoms with van der Waals surface area (Å²) in [7, 11) is 0. The lowest BCUT2D eigenvalue weighted by Crippen LogP contribution is -2.34. The van der Waals surface area contributed by atoms with E-state index in [1.807, 2.05) is 35.0 Å². The first-order valence-corrected chi connectivity index (χ1v) is 8.08. The minimum atomic E-state index is -4.13. The molecule has 110 valence electrons. The van der Waals surface area contributed by atoms with E-state index in [9.17, 15) is 13.2 Å². The summed E-state index contributed by atoms with van der Waals surface area (Å²) in [5.41, 5.74) is 0. The SMILES string of the molecule is CC(CC(F)(F)F)NC(Cc1cccs1)c1cccs1. The third-order valence-electron chi connectivity index (χ3n) is 2.90. The van der Waals surface area contributed by atoms with Crippen LogP contribution in [0.25, 0.3) is 0 Å². The maximum Gasteiger partial charge on any atom is 0.390 e. The summed E-state index contributed by atoms with van der Waals surface area (Å²) in [6, 6.07) is 7.22. The van der Waals surface area contributed by atoms with Gasteiger partial charge in [-0.1, -0.05) is 12.1 Å². The van der Waals surface area contributed by atoms with Gasteiger partial charge in [-0.3, -0.25) is 0 Å². The zero-order chi connectivity index (χ0) is 14.6. The molecule has 1 nitrogen and oxygen atoms in total. The number of hydrogen-bond acceptors (Lipinski definition) is 3. The molecular formula is C14H16F3NS2. The lowest BCUT2D eigenvalue weighted by atomic mass is 10.1. The highest BCUT2D eigenvalue weighted by molar-refractivity contribution is 7.10. The Bertz CT molecular complexity index is 491. The molecule has 0 aliphatic rings. The topological polar surface area (TPSA) is 12.0 Å². The molecule has 2 heterocycles. The monoisotopic (exact) mass is 319 g/mol. The van der Waals surface area contributed by atoms with E-state index in [1.54, 1.807) is 29.6 Å². The second-order valence-corrected chi connectivity index (χ2v) is 6.75. The van der Waals surface area contributed by atoms with Crippen LogP contribution < -0.4 is 5.32 Å². The van der Waals surface area contributed by atoms with Gasteiger partial charge in [0.05, 0.1) is 6.42 Å². The van der Waals surface area contributed by atoms with E-state index in [2.05, 4.69) is 5.32 Å². The minimum absolute atomic E-state index is 0.0639. The molecule has 0 radical (unpaired) electrons. The van der Waals surface area contributed by atoms with E-state index in [1.165, 1.54) is 4.88 Å². The maximum atomic E-state index is 12.4. The fraction of sp³-hybridized carbons (Fsp3) is 0.429. The summed E-state index contributed by atoms with van der Waals surface area (Å²) in [5.74, 6) is 0. The Balaban J connectivity index is 2.03. The predicted molar refractivity (Wildman–Crippen MR) is 78.4 cm³/mol. The van der Waals surface area contributed by atoms with E-state index in [4.69, 9.17) is 0 Å². The lowest BCUT2D eigenvalue weighted by Gasteiger charge is -2.23. The van der Waals surface area contributed by atoms with Crippen LogP contribution in [0.15, 0.2) is 35.0 Å². The van der Waals surface area contributed by atoms with Crippen molar-refractivity contribution in [3.63, 3.8) is 0 Å². The summed E-state index contributed by atoms with van der Waals surface area (Å²) >= 11 is 3.20. The number of halogens is 3. The Morgan fingerprint density at radius 1 is 1.15 bits per heavy atom. The van der Waals surface area contributed by atoms with Crippen LogP contribution in [0, 0.1) is 0 Å². The van der Waals surface area contributed by atoms with Crippen LogP contribution in [-0.2, 0) is 6.42 Å². The second kappa shape index (κ2) is 6.74. The fourth-order valence-electron chi connectivity index (χ4n) is 2.11. The quantitative estimate of drug-likeness (QED) is 0.788. The zero-order valence-electron chi connectivity index (χ0n) is 11.0. The van der Waals surface area contributed by atoms with Gasteiger partial charge in [0, 0.05) is 28.3 Å². The van der Waals surface area contributed by atoms with Crippen LogP contribution in [-0.4, -0.2) is 12.2 Å². The molecule has 0 fully saturated rings. The second-order valence-electron chi connectivity index (χ2n) is 4.74.